The zero-order valence-corrected chi connectivity index (χ0v) is 14.4. The Morgan fingerprint density at radius 1 is 1.43 bits per heavy atom. The SMILES string of the molecule is CN1C(=O)C2(CC3(CCCOC3)Oc3ccc(Br)cc32)N=C1N. The van der Waals surface area contributed by atoms with E-state index in [4.69, 9.17) is 15.2 Å². The number of halogens is 1. The van der Waals surface area contributed by atoms with Gasteiger partial charge in [-0.2, -0.15) is 0 Å². The van der Waals surface area contributed by atoms with E-state index in [0.29, 0.717) is 18.8 Å². The van der Waals surface area contributed by atoms with Crippen molar-refractivity contribution in [3.63, 3.8) is 0 Å². The minimum Gasteiger partial charge on any atom is -0.484 e. The largest absolute Gasteiger partial charge is 0.484 e. The Morgan fingerprint density at radius 2 is 2.26 bits per heavy atom. The third kappa shape index (κ3) is 2.10. The first-order valence-corrected chi connectivity index (χ1v) is 8.45. The van der Waals surface area contributed by atoms with Gasteiger partial charge >= 0.3 is 0 Å². The monoisotopic (exact) mass is 379 g/mol. The van der Waals surface area contributed by atoms with Gasteiger partial charge in [0.1, 0.15) is 11.4 Å². The summed E-state index contributed by atoms with van der Waals surface area (Å²) in [5.74, 6) is 0.822. The highest BCUT2D eigenvalue weighted by Gasteiger charge is 2.58. The third-order valence-corrected chi connectivity index (χ3v) is 5.38. The lowest BCUT2D eigenvalue weighted by Gasteiger charge is -2.46. The number of benzene rings is 1. The van der Waals surface area contributed by atoms with Crippen LogP contribution in [0.15, 0.2) is 27.7 Å². The molecule has 2 spiro atoms. The molecular formula is C16H18BrN3O3. The molecule has 0 radical (unpaired) electrons. The summed E-state index contributed by atoms with van der Waals surface area (Å²) in [5.41, 5.74) is 5.18. The van der Waals surface area contributed by atoms with Crippen LogP contribution in [0.25, 0.3) is 0 Å². The summed E-state index contributed by atoms with van der Waals surface area (Å²) in [7, 11) is 1.66. The highest BCUT2D eigenvalue weighted by Crippen LogP contribution is 2.51. The number of ether oxygens (including phenoxy) is 2. The van der Waals surface area contributed by atoms with E-state index in [2.05, 4.69) is 20.9 Å². The molecule has 1 fully saturated rings. The number of rotatable bonds is 0. The van der Waals surface area contributed by atoms with Crippen molar-refractivity contribution in [1.29, 1.82) is 0 Å². The molecule has 0 aromatic heterocycles. The fraction of sp³-hybridized carbons (Fsp3) is 0.500. The van der Waals surface area contributed by atoms with Gasteiger partial charge in [0.05, 0.1) is 6.61 Å². The van der Waals surface area contributed by atoms with Crippen LogP contribution < -0.4 is 10.5 Å². The molecule has 0 aliphatic carbocycles. The molecular weight excluding hydrogens is 362 g/mol. The molecule has 3 aliphatic heterocycles. The van der Waals surface area contributed by atoms with Crippen LogP contribution >= 0.6 is 15.9 Å². The van der Waals surface area contributed by atoms with Gasteiger partial charge in [0.25, 0.3) is 5.91 Å². The molecule has 4 rings (SSSR count). The number of amides is 1. The molecule has 3 aliphatic rings. The van der Waals surface area contributed by atoms with E-state index >= 15 is 0 Å². The van der Waals surface area contributed by atoms with Crippen molar-refractivity contribution >= 4 is 27.8 Å². The third-order valence-electron chi connectivity index (χ3n) is 4.89. The van der Waals surface area contributed by atoms with E-state index in [9.17, 15) is 4.79 Å². The van der Waals surface area contributed by atoms with Gasteiger partial charge in [-0.25, -0.2) is 4.99 Å². The number of aliphatic imine (C=N–C) groups is 1. The number of guanidine groups is 1. The molecule has 0 bridgehead atoms. The minimum atomic E-state index is -1.02. The maximum Gasteiger partial charge on any atom is 0.261 e. The lowest BCUT2D eigenvalue weighted by Crippen LogP contribution is -2.55. The number of nitrogens with two attached hydrogens (primary N) is 1. The Kier molecular flexibility index (Phi) is 3.22. The highest BCUT2D eigenvalue weighted by atomic mass is 79.9. The normalized spacial score (nSPS) is 32.9. The van der Waals surface area contributed by atoms with E-state index in [1.807, 2.05) is 18.2 Å². The van der Waals surface area contributed by atoms with E-state index in [1.165, 1.54) is 4.90 Å². The van der Waals surface area contributed by atoms with E-state index in [-0.39, 0.29) is 11.9 Å². The fourth-order valence-electron chi connectivity index (χ4n) is 3.78. The molecule has 6 nitrogen and oxygen atoms in total. The molecule has 0 saturated carbocycles. The van der Waals surface area contributed by atoms with Gasteiger partial charge in [0, 0.05) is 30.1 Å². The van der Waals surface area contributed by atoms with Crippen LogP contribution in [-0.4, -0.2) is 42.6 Å². The van der Waals surface area contributed by atoms with E-state index in [0.717, 1.165) is 29.5 Å². The van der Waals surface area contributed by atoms with Crippen molar-refractivity contribution < 1.29 is 14.3 Å². The van der Waals surface area contributed by atoms with Crippen molar-refractivity contribution in [2.45, 2.75) is 30.4 Å². The van der Waals surface area contributed by atoms with Crippen LogP contribution in [0.3, 0.4) is 0 Å². The van der Waals surface area contributed by atoms with Crippen molar-refractivity contribution in [2.24, 2.45) is 10.7 Å². The summed E-state index contributed by atoms with van der Waals surface area (Å²) in [6.45, 7) is 1.20. The van der Waals surface area contributed by atoms with Crippen LogP contribution in [0.2, 0.25) is 0 Å². The number of likely N-dealkylation sites (N-methyl/N-ethyl adjacent to an activating group) is 1. The number of hydrogen-bond donors (Lipinski definition) is 1. The van der Waals surface area contributed by atoms with Crippen molar-refractivity contribution in [3.05, 3.63) is 28.2 Å². The Labute approximate surface area is 142 Å². The molecule has 2 unspecified atom stereocenters. The zero-order chi connectivity index (χ0) is 16.2. The quantitative estimate of drug-likeness (QED) is 0.744. The summed E-state index contributed by atoms with van der Waals surface area (Å²) < 4.78 is 12.8. The van der Waals surface area contributed by atoms with Gasteiger partial charge in [0.2, 0.25) is 0 Å². The molecule has 3 heterocycles. The lowest BCUT2D eigenvalue weighted by molar-refractivity contribution is -0.139. The first-order valence-electron chi connectivity index (χ1n) is 7.66. The second kappa shape index (κ2) is 4.95. The maximum atomic E-state index is 13.0. The number of hydrogen-bond acceptors (Lipinski definition) is 5. The second-order valence-electron chi connectivity index (χ2n) is 6.45. The van der Waals surface area contributed by atoms with Crippen LogP contribution in [0.1, 0.15) is 24.8 Å². The van der Waals surface area contributed by atoms with E-state index < -0.39 is 11.1 Å². The zero-order valence-electron chi connectivity index (χ0n) is 12.8. The van der Waals surface area contributed by atoms with Gasteiger partial charge in [-0.05, 0) is 31.0 Å². The van der Waals surface area contributed by atoms with Crippen molar-refractivity contribution in [3.8, 4) is 5.75 Å². The smallest absolute Gasteiger partial charge is 0.261 e. The summed E-state index contributed by atoms with van der Waals surface area (Å²) >= 11 is 3.47. The minimum absolute atomic E-state index is 0.109. The van der Waals surface area contributed by atoms with Crippen molar-refractivity contribution in [1.82, 2.24) is 4.90 Å². The molecule has 1 aromatic carbocycles. The van der Waals surface area contributed by atoms with Crippen LogP contribution in [-0.2, 0) is 15.1 Å². The summed E-state index contributed by atoms with van der Waals surface area (Å²) in [6, 6.07) is 5.69. The van der Waals surface area contributed by atoms with Gasteiger partial charge in [-0.3, -0.25) is 9.69 Å². The molecule has 122 valence electrons. The lowest BCUT2D eigenvalue weighted by atomic mass is 9.74. The van der Waals surface area contributed by atoms with Crippen LogP contribution in [0, 0.1) is 0 Å². The average Bonchev–Trinajstić information content (AvgIpc) is 2.74. The number of fused-ring (bicyclic) bond motifs is 2. The fourth-order valence-corrected chi connectivity index (χ4v) is 4.14. The number of nitrogens with zero attached hydrogens (tertiary/aromatic N) is 2. The van der Waals surface area contributed by atoms with Gasteiger partial charge < -0.3 is 15.2 Å². The second-order valence-corrected chi connectivity index (χ2v) is 7.37. The van der Waals surface area contributed by atoms with Crippen LogP contribution in [0.4, 0.5) is 0 Å². The number of carbonyl (C=O) groups excluding carboxylic acids is 1. The molecule has 7 heteroatoms. The molecule has 1 aromatic rings. The first-order chi connectivity index (χ1) is 11.0. The van der Waals surface area contributed by atoms with Crippen molar-refractivity contribution in [2.75, 3.05) is 20.3 Å². The predicted molar refractivity (Wildman–Crippen MR) is 88.2 cm³/mol. The molecule has 2 atom stereocenters. The predicted octanol–water partition coefficient (Wildman–Crippen LogP) is 1.76. The van der Waals surface area contributed by atoms with Gasteiger partial charge in [-0.1, -0.05) is 15.9 Å². The highest BCUT2D eigenvalue weighted by molar-refractivity contribution is 9.10. The Bertz CT molecular complexity index is 715. The molecule has 2 N–H and O–H groups in total. The molecule has 23 heavy (non-hydrogen) atoms. The standard InChI is InChI=1S/C16H18BrN3O3/c1-20-13(21)16(19-14(20)18)8-15(5-2-6-22-9-15)23-12-4-3-10(17)7-11(12)16/h3-4,7H,2,5-6,8-9H2,1H3,(H2,18,19). The van der Waals surface area contributed by atoms with Gasteiger partial charge in [0.15, 0.2) is 11.5 Å². The maximum absolute atomic E-state index is 13.0. The Hall–Kier alpha value is -1.60. The van der Waals surface area contributed by atoms with E-state index in [1.54, 1.807) is 7.05 Å². The summed E-state index contributed by atoms with van der Waals surface area (Å²) in [5, 5.41) is 0. The van der Waals surface area contributed by atoms with Crippen LogP contribution in [0.5, 0.6) is 5.75 Å². The summed E-state index contributed by atoms with van der Waals surface area (Å²) in [4.78, 5) is 19.0. The number of carbonyl (C=O) groups is 1. The topological polar surface area (TPSA) is 77.2 Å². The average molecular weight is 380 g/mol. The van der Waals surface area contributed by atoms with Gasteiger partial charge in [-0.15, -0.1) is 0 Å². The Balaban J connectivity index is 1.91. The summed E-state index contributed by atoms with van der Waals surface area (Å²) in [6.07, 6.45) is 2.20. The Morgan fingerprint density at radius 3 is 2.91 bits per heavy atom. The molecule has 1 saturated heterocycles. The first kappa shape index (κ1) is 15.0. The molecule has 1 amide bonds.